The first kappa shape index (κ1) is 14.1. The first-order valence-corrected chi connectivity index (χ1v) is 8.39. The van der Waals surface area contributed by atoms with Crippen LogP contribution < -0.4 is 4.74 Å². The Bertz CT molecular complexity index is 1050. The first-order chi connectivity index (χ1) is 12.3. The highest BCUT2D eigenvalue weighted by Crippen LogP contribution is 2.48. The maximum atomic E-state index is 10.3. The summed E-state index contributed by atoms with van der Waals surface area (Å²) < 4.78 is 6.12. The van der Waals surface area contributed by atoms with Crippen molar-refractivity contribution in [1.29, 1.82) is 0 Å². The van der Waals surface area contributed by atoms with Gasteiger partial charge in [-0.05, 0) is 29.1 Å². The number of fused-ring (bicyclic) bond motifs is 3. The number of rotatable bonds is 1. The molecule has 0 amide bonds. The second kappa shape index (κ2) is 5.38. The van der Waals surface area contributed by atoms with Crippen molar-refractivity contribution in [1.82, 2.24) is 0 Å². The van der Waals surface area contributed by atoms with Gasteiger partial charge < -0.3 is 9.84 Å². The Balaban J connectivity index is 1.85. The van der Waals surface area contributed by atoms with E-state index in [0.717, 1.165) is 33.4 Å². The average Bonchev–Trinajstić information content (AvgIpc) is 2.67. The van der Waals surface area contributed by atoms with E-state index in [-0.39, 0.29) is 5.92 Å². The van der Waals surface area contributed by atoms with Crippen LogP contribution in [-0.2, 0) is 0 Å². The van der Waals surface area contributed by atoms with Gasteiger partial charge in [-0.1, -0.05) is 66.7 Å². The van der Waals surface area contributed by atoms with Crippen LogP contribution in [0.25, 0.3) is 10.8 Å². The highest BCUT2D eigenvalue weighted by Gasteiger charge is 2.29. The van der Waals surface area contributed by atoms with Crippen molar-refractivity contribution in [3.63, 3.8) is 0 Å². The molecular weight excluding hydrogens is 308 g/mol. The second-order valence-corrected chi connectivity index (χ2v) is 6.33. The molecule has 2 heteroatoms. The Labute approximate surface area is 145 Å². The summed E-state index contributed by atoms with van der Waals surface area (Å²) in [5.41, 5.74) is 3.48. The van der Waals surface area contributed by atoms with E-state index in [1.807, 2.05) is 60.7 Å². The molecule has 1 aliphatic heterocycles. The third-order valence-corrected chi connectivity index (χ3v) is 4.93. The summed E-state index contributed by atoms with van der Waals surface area (Å²) in [4.78, 5) is 0. The molecule has 5 rings (SSSR count). The van der Waals surface area contributed by atoms with Crippen LogP contribution in [-0.4, -0.2) is 5.11 Å². The third kappa shape index (κ3) is 2.11. The minimum atomic E-state index is 0.0756. The lowest BCUT2D eigenvalue weighted by Crippen LogP contribution is -2.11. The molecule has 4 aromatic carbocycles. The standard InChI is InChI=1S/C23H16O2/c24-20-14-13-17(15-7-1-2-8-16(15)20)23-18-9-3-5-11-21(18)25-22-12-6-4-10-19(22)23/h1-14,23-24H. The number of phenolic OH excluding ortho intramolecular Hbond substituents is 1. The number of aromatic hydroxyl groups is 1. The van der Waals surface area contributed by atoms with Gasteiger partial charge in [-0.3, -0.25) is 0 Å². The zero-order valence-electron chi connectivity index (χ0n) is 13.5. The van der Waals surface area contributed by atoms with Crippen molar-refractivity contribution in [2.75, 3.05) is 0 Å². The maximum absolute atomic E-state index is 10.3. The quantitative estimate of drug-likeness (QED) is 0.420. The molecule has 0 spiro atoms. The molecule has 25 heavy (non-hydrogen) atoms. The van der Waals surface area contributed by atoms with Gasteiger partial charge in [0.15, 0.2) is 0 Å². The minimum Gasteiger partial charge on any atom is -0.507 e. The summed E-state index contributed by atoms with van der Waals surface area (Å²) in [6.07, 6.45) is 0. The van der Waals surface area contributed by atoms with Gasteiger partial charge >= 0.3 is 0 Å². The molecule has 0 unspecified atom stereocenters. The Morgan fingerprint density at radius 2 is 1.12 bits per heavy atom. The molecule has 2 nitrogen and oxygen atoms in total. The highest BCUT2D eigenvalue weighted by atomic mass is 16.5. The fourth-order valence-corrected chi connectivity index (χ4v) is 3.80. The third-order valence-electron chi connectivity index (χ3n) is 4.93. The first-order valence-electron chi connectivity index (χ1n) is 8.39. The number of hydrogen-bond donors (Lipinski definition) is 1. The lowest BCUT2D eigenvalue weighted by atomic mass is 9.80. The van der Waals surface area contributed by atoms with Gasteiger partial charge in [-0.2, -0.15) is 0 Å². The molecule has 0 fully saturated rings. The van der Waals surface area contributed by atoms with Gasteiger partial charge in [0.25, 0.3) is 0 Å². The van der Waals surface area contributed by atoms with Crippen molar-refractivity contribution < 1.29 is 9.84 Å². The van der Waals surface area contributed by atoms with E-state index < -0.39 is 0 Å². The predicted octanol–water partition coefficient (Wildman–Crippen LogP) is 5.83. The Hall–Kier alpha value is -3.26. The normalized spacial score (nSPS) is 13.1. The lowest BCUT2D eigenvalue weighted by Gasteiger charge is -2.29. The molecule has 0 bridgehead atoms. The summed E-state index contributed by atoms with van der Waals surface area (Å²) in [5.74, 6) is 2.17. The Morgan fingerprint density at radius 3 is 1.80 bits per heavy atom. The maximum Gasteiger partial charge on any atom is 0.131 e. The van der Waals surface area contributed by atoms with Crippen molar-refractivity contribution in [3.05, 3.63) is 102 Å². The molecular formula is C23H16O2. The molecule has 0 radical (unpaired) electrons. The average molecular weight is 324 g/mol. The van der Waals surface area contributed by atoms with Gasteiger partial charge in [0.1, 0.15) is 17.2 Å². The summed E-state index contributed by atoms with van der Waals surface area (Å²) in [6, 6.07) is 28.2. The van der Waals surface area contributed by atoms with E-state index in [9.17, 15) is 5.11 Å². The van der Waals surface area contributed by atoms with Crippen LogP contribution >= 0.6 is 0 Å². The zero-order chi connectivity index (χ0) is 16.8. The topological polar surface area (TPSA) is 29.5 Å². The second-order valence-electron chi connectivity index (χ2n) is 6.33. The van der Waals surface area contributed by atoms with E-state index in [4.69, 9.17) is 4.74 Å². The van der Waals surface area contributed by atoms with Gasteiger partial charge in [-0.25, -0.2) is 0 Å². The van der Waals surface area contributed by atoms with Crippen LogP contribution in [0.3, 0.4) is 0 Å². The molecule has 1 heterocycles. The van der Waals surface area contributed by atoms with E-state index in [1.165, 1.54) is 5.56 Å². The molecule has 4 aromatic rings. The molecule has 1 N–H and O–H groups in total. The van der Waals surface area contributed by atoms with Gasteiger partial charge in [0.2, 0.25) is 0 Å². The Morgan fingerprint density at radius 1 is 0.560 bits per heavy atom. The number of hydrogen-bond acceptors (Lipinski definition) is 2. The van der Waals surface area contributed by atoms with Crippen LogP contribution in [0.5, 0.6) is 17.2 Å². The SMILES string of the molecule is Oc1ccc(C2c3ccccc3Oc3ccccc32)c2ccccc12. The molecule has 0 aromatic heterocycles. The smallest absolute Gasteiger partial charge is 0.131 e. The van der Waals surface area contributed by atoms with E-state index >= 15 is 0 Å². The van der Waals surface area contributed by atoms with E-state index in [2.05, 4.69) is 18.2 Å². The molecule has 120 valence electrons. The highest BCUT2D eigenvalue weighted by molar-refractivity contribution is 5.92. The van der Waals surface area contributed by atoms with Crippen molar-refractivity contribution in [2.45, 2.75) is 5.92 Å². The summed E-state index contributed by atoms with van der Waals surface area (Å²) in [5, 5.41) is 12.2. The fraction of sp³-hybridized carbons (Fsp3) is 0.0435. The van der Waals surface area contributed by atoms with Crippen molar-refractivity contribution >= 4 is 10.8 Å². The zero-order valence-corrected chi connectivity index (χ0v) is 13.5. The van der Waals surface area contributed by atoms with E-state index in [0.29, 0.717) is 5.75 Å². The summed E-state index contributed by atoms with van der Waals surface area (Å²) in [6.45, 7) is 0. The lowest BCUT2D eigenvalue weighted by molar-refractivity contribution is 0.453. The number of phenols is 1. The van der Waals surface area contributed by atoms with Crippen LogP contribution in [0.15, 0.2) is 84.9 Å². The largest absolute Gasteiger partial charge is 0.507 e. The van der Waals surface area contributed by atoms with Crippen LogP contribution in [0.4, 0.5) is 0 Å². The monoisotopic (exact) mass is 324 g/mol. The fourth-order valence-electron chi connectivity index (χ4n) is 3.80. The number of ether oxygens (including phenoxy) is 1. The molecule has 0 saturated carbocycles. The predicted molar refractivity (Wildman–Crippen MR) is 99.5 cm³/mol. The van der Waals surface area contributed by atoms with Gasteiger partial charge in [0.05, 0.1) is 0 Å². The molecule has 1 aliphatic rings. The van der Waals surface area contributed by atoms with Gasteiger partial charge in [-0.15, -0.1) is 0 Å². The number of benzene rings is 4. The van der Waals surface area contributed by atoms with E-state index in [1.54, 1.807) is 6.07 Å². The molecule has 0 aliphatic carbocycles. The minimum absolute atomic E-state index is 0.0756. The van der Waals surface area contributed by atoms with Crippen molar-refractivity contribution in [3.8, 4) is 17.2 Å². The molecule has 0 saturated heterocycles. The molecule has 0 atom stereocenters. The summed E-state index contributed by atoms with van der Waals surface area (Å²) >= 11 is 0. The van der Waals surface area contributed by atoms with Crippen LogP contribution in [0.1, 0.15) is 22.6 Å². The Kier molecular flexibility index (Phi) is 3.04. The van der Waals surface area contributed by atoms with Crippen LogP contribution in [0, 0.1) is 0 Å². The van der Waals surface area contributed by atoms with Crippen molar-refractivity contribution in [2.24, 2.45) is 0 Å². The van der Waals surface area contributed by atoms with Crippen LogP contribution in [0.2, 0.25) is 0 Å². The summed E-state index contributed by atoms with van der Waals surface area (Å²) in [7, 11) is 0. The van der Waals surface area contributed by atoms with Gasteiger partial charge in [0, 0.05) is 22.4 Å². The number of para-hydroxylation sites is 2.